The van der Waals surface area contributed by atoms with Crippen molar-refractivity contribution < 1.29 is 0 Å². The van der Waals surface area contributed by atoms with Gasteiger partial charge in [0.15, 0.2) is 0 Å². The smallest absolute Gasteiger partial charge is 0.0543 e. The van der Waals surface area contributed by atoms with Gasteiger partial charge in [0.2, 0.25) is 0 Å². The van der Waals surface area contributed by atoms with Gasteiger partial charge in [0.05, 0.1) is 5.69 Å². The molecule has 0 aromatic carbocycles. The highest BCUT2D eigenvalue weighted by molar-refractivity contribution is 7.03. The number of aryl methyl sites for hydroxylation is 2. The van der Waals surface area contributed by atoms with Crippen LogP contribution in [-0.2, 0) is 6.42 Å². The molecule has 1 nitrogen and oxygen atoms in total. The van der Waals surface area contributed by atoms with Gasteiger partial charge in [-0.25, -0.2) is 0 Å². The Morgan fingerprint density at radius 2 is 2.10 bits per heavy atom. The molecular weight excluding hydrogens is 142 g/mol. The van der Waals surface area contributed by atoms with Crippen LogP contribution in [0, 0.1) is 6.92 Å². The topological polar surface area (TPSA) is 12.9 Å². The molecule has 0 radical (unpaired) electrons. The molecule has 0 unspecified atom stereocenters. The number of hydrogen-bond acceptors (Lipinski definition) is 2. The highest BCUT2D eigenvalue weighted by Gasteiger charge is 1.94. The van der Waals surface area contributed by atoms with E-state index in [1.165, 1.54) is 11.3 Å². The molecule has 0 saturated carbocycles. The molecule has 1 heterocycles. The molecule has 2 heteroatoms. The normalized spacial score (nSPS) is 8.40. The van der Waals surface area contributed by atoms with Crippen LogP contribution in [-0.4, -0.2) is 4.37 Å². The van der Waals surface area contributed by atoms with Crippen LogP contribution in [0.1, 0.15) is 32.0 Å². The molecular formula is C8H15NS. The van der Waals surface area contributed by atoms with E-state index >= 15 is 0 Å². The van der Waals surface area contributed by atoms with Crippen molar-refractivity contribution in [3.63, 3.8) is 0 Å². The molecule has 1 rings (SSSR count). The van der Waals surface area contributed by atoms with Crippen molar-refractivity contribution in [2.45, 2.75) is 34.1 Å². The molecule has 0 aliphatic carbocycles. The van der Waals surface area contributed by atoms with Crippen LogP contribution in [0.3, 0.4) is 0 Å². The third-order valence-corrected chi connectivity index (χ3v) is 2.00. The van der Waals surface area contributed by atoms with E-state index in [0.29, 0.717) is 0 Å². The van der Waals surface area contributed by atoms with Crippen molar-refractivity contribution in [1.29, 1.82) is 0 Å². The Morgan fingerprint density at radius 3 is 2.30 bits per heavy atom. The molecule has 0 N–H and O–H groups in total. The maximum atomic E-state index is 4.13. The van der Waals surface area contributed by atoms with Crippen molar-refractivity contribution in [3.8, 4) is 0 Å². The van der Waals surface area contributed by atoms with Crippen LogP contribution in [0.2, 0.25) is 0 Å². The van der Waals surface area contributed by atoms with Crippen LogP contribution in [0.4, 0.5) is 0 Å². The van der Waals surface area contributed by atoms with Gasteiger partial charge in [0, 0.05) is 5.38 Å². The fourth-order valence-electron chi connectivity index (χ4n) is 0.652. The molecule has 0 aliphatic heterocycles. The van der Waals surface area contributed by atoms with E-state index in [0.717, 1.165) is 6.42 Å². The first-order valence-corrected chi connectivity index (χ1v) is 4.58. The molecule has 0 amide bonds. The highest BCUT2D eigenvalue weighted by atomic mass is 32.1. The molecule has 0 fully saturated rings. The van der Waals surface area contributed by atoms with Crippen LogP contribution >= 0.6 is 11.5 Å². The lowest BCUT2D eigenvalue weighted by Gasteiger charge is -1.85. The Hall–Kier alpha value is -0.370. The lowest BCUT2D eigenvalue weighted by atomic mass is 10.2. The number of rotatable bonds is 1. The summed E-state index contributed by atoms with van der Waals surface area (Å²) in [5.74, 6) is 0. The van der Waals surface area contributed by atoms with Gasteiger partial charge >= 0.3 is 0 Å². The third-order valence-electron chi connectivity index (χ3n) is 1.23. The van der Waals surface area contributed by atoms with Crippen molar-refractivity contribution in [3.05, 3.63) is 16.6 Å². The van der Waals surface area contributed by atoms with Crippen molar-refractivity contribution in [2.75, 3.05) is 0 Å². The largest absolute Gasteiger partial charge is 0.198 e. The maximum absolute atomic E-state index is 4.13. The minimum atomic E-state index is 1.11. The van der Waals surface area contributed by atoms with Crippen molar-refractivity contribution in [2.24, 2.45) is 0 Å². The van der Waals surface area contributed by atoms with Crippen molar-refractivity contribution >= 4 is 11.5 Å². The Bertz CT molecular complexity index is 170. The lowest BCUT2D eigenvalue weighted by Crippen LogP contribution is -1.77. The summed E-state index contributed by atoms with van der Waals surface area (Å²) < 4.78 is 4.13. The number of nitrogens with zero attached hydrogens (tertiary/aromatic N) is 1. The summed E-state index contributed by atoms with van der Waals surface area (Å²) in [7, 11) is 0. The molecule has 0 spiro atoms. The Kier molecular flexibility index (Phi) is 5.22. The summed E-state index contributed by atoms with van der Waals surface area (Å²) in [5, 5.41) is 2.11. The predicted molar refractivity (Wildman–Crippen MR) is 47.6 cm³/mol. The zero-order chi connectivity index (χ0) is 7.98. The second kappa shape index (κ2) is 5.42. The highest BCUT2D eigenvalue weighted by Crippen LogP contribution is 2.08. The quantitative estimate of drug-likeness (QED) is 0.610. The van der Waals surface area contributed by atoms with Crippen LogP contribution in [0.25, 0.3) is 0 Å². The van der Waals surface area contributed by atoms with Crippen LogP contribution in [0.5, 0.6) is 0 Å². The van der Waals surface area contributed by atoms with Gasteiger partial charge in [0.25, 0.3) is 0 Å². The summed E-state index contributed by atoms with van der Waals surface area (Å²) in [6, 6.07) is 0. The Balaban J connectivity index is 0.000000371. The molecule has 0 aliphatic rings. The monoisotopic (exact) mass is 157 g/mol. The van der Waals surface area contributed by atoms with E-state index < -0.39 is 0 Å². The summed E-state index contributed by atoms with van der Waals surface area (Å²) in [6.07, 6.45) is 1.11. The molecule has 1 aromatic heterocycles. The maximum Gasteiger partial charge on any atom is 0.0543 e. The van der Waals surface area contributed by atoms with E-state index in [-0.39, 0.29) is 0 Å². The van der Waals surface area contributed by atoms with Gasteiger partial charge in [0.1, 0.15) is 0 Å². The molecule has 0 atom stereocenters. The van der Waals surface area contributed by atoms with Gasteiger partial charge < -0.3 is 0 Å². The third kappa shape index (κ3) is 2.48. The van der Waals surface area contributed by atoms with E-state index in [2.05, 4.69) is 23.6 Å². The fourth-order valence-corrected chi connectivity index (χ4v) is 1.44. The zero-order valence-electron chi connectivity index (χ0n) is 7.14. The molecule has 0 saturated heterocycles. The summed E-state index contributed by atoms with van der Waals surface area (Å²) in [4.78, 5) is 0. The van der Waals surface area contributed by atoms with E-state index in [1.54, 1.807) is 11.5 Å². The summed E-state index contributed by atoms with van der Waals surface area (Å²) >= 11 is 1.54. The standard InChI is InChI=1S/C6H9NS.C2H6/c1-3-6-4-8-7-5(6)2;1-2/h4H,3H2,1-2H3;1-2H3. The average Bonchev–Trinajstić information content (AvgIpc) is 2.39. The Labute approximate surface area is 67.3 Å². The minimum Gasteiger partial charge on any atom is -0.198 e. The first-order valence-electron chi connectivity index (χ1n) is 3.74. The minimum absolute atomic E-state index is 1.11. The van der Waals surface area contributed by atoms with Gasteiger partial charge in [-0.3, -0.25) is 0 Å². The van der Waals surface area contributed by atoms with E-state index in [4.69, 9.17) is 0 Å². The lowest BCUT2D eigenvalue weighted by molar-refractivity contribution is 1.10. The SMILES string of the molecule is CC.CCc1csnc1C. The summed E-state index contributed by atoms with van der Waals surface area (Å²) in [5.41, 5.74) is 2.58. The van der Waals surface area contributed by atoms with Crippen LogP contribution in [0.15, 0.2) is 5.38 Å². The Morgan fingerprint density at radius 1 is 1.50 bits per heavy atom. The molecule has 0 bridgehead atoms. The fraction of sp³-hybridized carbons (Fsp3) is 0.625. The van der Waals surface area contributed by atoms with E-state index in [1.807, 2.05) is 13.8 Å². The van der Waals surface area contributed by atoms with Crippen molar-refractivity contribution in [1.82, 2.24) is 4.37 Å². The van der Waals surface area contributed by atoms with Gasteiger partial charge in [-0.1, -0.05) is 20.8 Å². The first kappa shape index (κ1) is 9.63. The second-order valence-electron chi connectivity index (χ2n) is 1.78. The molecule has 58 valence electrons. The first-order chi connectivity index (χ1) is 4.84. The molecule has 10 heavy (non-hydrogen) atoms. The van der Waals surface area contributed by atoms with E-state index in [9.17, 15) is 0 Å². The predicted octanol–water partition coefficient (Wildman–Crippen LogP) is 3.04. The zero-order valence-corrected chi connectivity index (χ0v) is 7.96. The average molecular weight is 157 g/mol. The summed E-state index contributed by atoms with van der Waals surface area (Å²) in [6.45, 7) is 8.20. The second-order valence-corrected chi connectivity index (χ2v) is 2.41. The number of aromatic nitrogens is 1. The van der Waals surface area contributed by atoms with Crippen LogP contribution < -0.4 is 0 Å². The van der Waals surface area contributed by atoms with Gasteiger partial charge in [-0.15, -0.1) is 0 Å². The van der Waals surface area contributed by atoms with Gasteiger partial charge in [-0.2, -0.15) is 4.37 Å². The van der Waals surface area contributed by atoms with Gasteiger partial charge in [-0.05, 0) is 30.4 Å². The molecule has 1 aromatic rings. The number of hydrogen-bond donors (Lipinski definition) is 0.